The van der Waals surface area contributed by atoms with Gasteiger partial charge in [0.15, 0.2) is 17.1 Å². The van der Waals surface area contributed by atoms with Gasteiger partial charge in [-0.25, -0.2) is 23.0 Å². The third-order valence-electron chi connectivity index (χ3n) is 3.56. The van der Waals surface area contributed by atoms with Crippen LogP contribution in [0.4, 0.5) is 10.2 Å². The lowest BCUT2D eigenvalue weighted by Crippen LogP contribution is -2.37. The minimum Gasteiger partial charge on any atom is -0.756 e. The van der Waals surface area contributed by atoms with Crippen LogP contribution in [0, 0.1) is 5.53 Å². The molecule has 0 aliphatic carbocycles. The number of halogens is 1. The number of aliphatic hydroxyl groups is 1. The molecule has 3 heterocycles. The van der Waals surface area contributed by atoms with Crippen molar-refractivity contribution in [2.75, 3.05) is 5.73 Å². The van der Waals surface area contributed by atoms with Gasteiger partial charge < -0.3 is 59.6 Å². The van der Waals surface area contributed by atoms with Gasteiger partial charge >= 0.3 is 15.6 Å². The zero-order valence-electron chi connectivity index (χ0n) is 17.6. The molecule has 21 nitrogen and oxygen atoms in total. The van der Waals surface area contributed by atoms with Crippen molar-refractivity contribution in [1.82, 2.24) is 19.5 Å². The average molecular weight is 587 g/mol. The number of aliphatic hydroxyl groups excluding tert-OH is 1. The summed E-state index contributed by atoms with van der Waals surface area (Å²) in [6.07, 6.45) is -3.14. The Morgan fingerprint density at radius 2 is 1.61 bits per heavy atom. The topological polar surface area (TPSA) is 372 Å². The Bertz CT molecular complexity index is 1140. The van der Waals surface area contributed by atoms with E-state index >= 15 is 0 Å². The number of aromatic nitrogens is 3. The predicted molar refractivity (Wildman–Crippen MR) is 108 cm³/mol. The van der Waals surface area contributed by atoms with Crippen LogP contribution < -0.4 is 15.5 Å². The second-order valence-electron chi connectivity index (χ2n) is 6.40. The molecular formula is C11H21FN7O14P3. The first-order valence-electron chi connectivity index (χ1n) is 8.47. The van der Waals surface area contributed by atoms with Gasteiger partial charge in [0, 0.05) is 0 Å². The zero-order chi connectivity index (χ0) is 28.7. The first kappa shape index (κ1) is 33.9. The minimum atomic E-state index is -4.89. The number of rotatable bonds is 2. The molecular weight excluding hydrogens is 566 g/mol. The summed E-state index contributed by atoms with van der Waals surface area (Å²) in [4.78, 5) is 72.7. The van der Waals surface area contributed by atoms with Crippen LogP contribution >= 0.6 is 23.5 Å². The van der Waals surface area contributed by atoms with Crippen molar-refractivity contribution in [1.29, 1.82) is 5.53 Å². The molecule has 2 aromatic rings. The molecule has 0 saturated carbocycles. The smallest absolute Gasteiger partial charge is 0.466 e. The van der Waals surface area contributed by atoms with Crippen molar-refractivity contribution >= 4 is 34.8 Å². The fourth-order valence-corrected chi connectivity index (χ4v) is 2.45. The van der Waals surface area contributed by atoms with Crippen molar-refractivity contribution in [2.24, 2.45) is 5.11 Å². The van der Waals surface area contributed by atoms with E-state index in [0.29, 0.717) is 11.2 Å². The number of ether oxygens (including phenoxy) is 1. The molecule has 0 unspecified atom stereocenters. The Kier molecular flexibility index (Phi) is 12.2. The number of hydrogen-bond donors (Lipinski definition) is 11. The number of nitrogens with two attached hydrogens (primary N) is 1. The van der Waals surface area contributed by atoms with Crippen LogP contribution in [-0.4, -0.2) is 76.9 Å². The van der Waals surface area contributed by atoms with Gasteiger partial charge in [0.2, 0.25) is 4.91 Å². The first-order chi connectivity index (χ1) is 16.0. The molecule has 4 atom stereocenters. The lowest BCUT2D eigenvalue weighted by Gasteiger charge is -2.14. The lowest BCUT2D eigenvalue weighted by atomic mass is 10.0. The Hall–Kier alpha value is -2.09. The highest BCUT2D eigenvalue weighted by Gasteiger charge is 2.57. The molecule has 206 valence electrons. The molecule has 1 fully saturated rings. The summed E-state index contributed by atoms with van der Waals surface area (Å²) in [6.45, 7) is 1.36. The van der Waals surface area contributed by atoms with Gasteiger partial charge in [-0.1, -0.05) is 0 Å². The van der Waals surface area contributed by atoms with E-state index in [1.807, 2.05) is 0 Å². The van der Waals surface area contributed by atoms with Gasteiger partial charge in [0.05, 0.1) is 5.69 Å². The van der Waals surface area contributed by atoms with Gasteiger partial charge in [0.25, 0.3) is 13.5 Å². The van der Waals surface area contributed by atoms with Crippen LogP contribution in [0.3, 0.4) is 0 Å². The molecule has 0 bridgehead atoms. The normalized spacial score (nSPS) is 23.7. The Morgan fingerprint density at radius 1 is 1.17 bits per heavy atom. The highest BCUT2D eigenvalue weighted by Crippen LogP contribution is 2.42. The van der Waals surface area contributed by atoms with Gasteiger partial charge in [-0.15, -0.1) is 0 Å². The van der Waals surface area contributed by atoms with E-state index in [4.69, 9.17) is 73.7 Å². The van der Waals surface area contributed by atoms with E-state index in [9.17, 15) is 9.50 Å². The molecule has 1 aliphatic heterocycles. The highest BCUT2D eigenvalue weighted by atomic mass is 31.2. The fourth-order valence-electron chi connectivity index (χ4n) is 2.45. The lowest BCUT2D eigenvalue weighted by molar-refractivity contribution is -0.214. The molecule has 0 radical (unpaired) electrons. The Labute approximate surface area is 198 Å². The summed E-state index contributed by atoms with van der Waals surface area (Å²) in [5.41, 5.74) is 11.7. The largest absolute Gasteiger partial charge is 0.756 e. The summed E-state index contributed by atoms with van der Waals surface area (Å²) in [7, 11) is -14.2. The van der Waals surface area contributed by atoms with Gasteiger partial charge in [-0.05, 0) is 19.1 Å². The summed E-state index contributed by atoms with van der Waals surface area (Å²) in [6, 6.07) is 3.22. The van der Waals surface area contributed by atoms with Crippen LogP contribution in [-0.2, 0) is 18.4 Å². The number of hydrogen-bond acceptors (Lipinski definition) is 11. The van der Waals surface area contributed by atoms with Gasteiger partial charge in [-0.3, -0.25) is 4.57 Å². The fraction of sp³-hybridized carbons (Fsp3) is 0.455. The molecule has 3 rings (SSSR count). The van der Waals surface area contributed by atoms with Crippen LogP contribution in [0.1, 0.15) is 18.7 Å². The molecule has 36 heavy (non-hydrogen) atoms. The van der Waals surface area contributed by atoms with E-state index in [-0.39, 0.29) is 5.82 Å². The quantitative estimate of drug-likeness (QED) is 0.0942. The van der Waals surface area contributed by atoms with E-state index in [0.717, 1.165) is 0 Å². The molecule has 0 spiro atoms. The minimum absolute atomic E-state index is 0.249. The molecule has 0 amide bonds. The summed E-state index contributed by atoms with van der Waals surface area (Å²) >= 11 is 0. The second-order valence-corrected chi connectivity index (χ2v) is 9.43. The predicted octanol–water partition coefficient (Wildman–Crippen LogP) is -3.07. The van der Waals surface area contributed by atoms with Crippen molar-refractivity contribution < 1.29 is 72.0 Å². The van der Waals surface area contributed by atoms with Gasteiger partial charge in [0.1, 0.15) is 29.6 Å². The number of nitrogens with zero attached hydrogens (tertiary/aromatic N) is 5. The number of nitrogens with one attached hydrogen (secondary N) is 1. The molecule has 2 aromatic heterocycles. The second kappa shape index (κ2) is 12.9. The maximum absolute atomic E-state index is 14.4. The summed E-state index contributed by atoms with van der Waals surface area (Å²) in [5.74, 6) is 0.249. The average Bonchev–Trinajstić information content (AvgIpc) is 3.14. The number of fused-ring (bicyclic) bond motifs is 1. The van der Waals surface area contributed by atoms with E-state index in [2.05, 4.69) is 20.1 Å². The third kappa shape index (κ3) is 13.3. The van der Waals surface area contributed by atoms with Crippen molar-refractivity contribution in [3.05, 3.63) is 24.2 Å². The molecule has 1 saturated heterocycles. The molecule has 12 N–H and O–H groups in total. The first-order valence-corrected chi connectivity index (χ1v) is 13.1. The number of phosphoric acid groups is 3. The van der Waals surface area contributed by atoms with Crippen LogP contribution in [0.15, 0.2) is 23.6 Å². The monoisotopic (exact) mass is 587 g/mol. The third-order valence-corrected chi connectivity index (χ3v) is 3.56. The molecule has 0 aromatic carbocycles. The van der Waals surface area contributed by atoms with Crippen LogP contribution in [0.5, 0.6) is 0 Å². The van der Waals surface area contributed by atoms with Crippen molar-refractivity contribution in [3.8, 4) is 0 Å². The number of anilines is 1. The van der Waals surface area contributed by atoms with Crippen molar-refractivity contribution in [3.63, 3.8) is 0 Å². The summed E-state index contributed by atoms with van der Waals surface area (Å²) in [5, 5.41) is 17.4. The number of nitrogen functional groups attached to an aromatic ring is 1. The summed E-state index contributed by atoms with van der Waals surface area (Å²) < 4.78 is 47.8. The van der Waals surface area contributed by atoms with Crippen molar-refractivity contribution in [2.45, 2.75) is 31.0 Å². The highest BCUT2D eigenvalue weighted by molar-refractivity contribution is 7.45. The Balaban J connectivity index is 0.000000672. The maximum atomic E-state index is 14.4. The molecule has 25 heteroatoms. The Morgan fingerprint density at radius 3 is 2.03 bits per heavy atom. The molecule has 1 aliphatic rings. The SMILES string of the molecule is C[C@@]1(N=[N+]=N)O[C@@H](c2ccc3c(N)ncnn23)[C@H](F)[C@@H]1O.O=P(O)(O)O.O=P(O)(O)O.O=P([O-])(O)O. The van der Waals surface area contributed by atoms with Crippen LogP contribution in [0.25, 0.3) is 5.52 Å². The van der Waals surface area contributed by atoms with E-state index in [1.165, 1.54) is 17.8 Å². The van der Waals surface area contributed by atoms with Crippen LogP contribution in [0.2, 0.25) is 0 Å². The zero-order valence-corrected chi connectivity index (χ0v) is 20.2. The standard InChI is InChI=1S/C11H13FN7O2.3H3O4P/c1-11(17-18-14)9(20)7(12)8(21-11)5-2-3-6-10(13)15-4-16-19(5)6;3*1-5(2,3)4/h2-4,7-9,14,20H,1H3,(H2,13,15,16);3*(H3,1,2,3,4)/q+1;;;/p-1/t7-,8-,9-,11+;;;/m0.../s1. The maximum Gasteiger partial charge on any atom is 0.466 e. The van der Waals surface area contributed by atoms with E-state index in [1.54, 1.807) is 12.1 Å². The number of alkyl halides is 1. The van der Waals surface area contributed by atoms with Gasteiger partial charge in [-0.2, -0.15) is 5.10 Å². The van der Waals surface area contributed by atoms with E-state index < -0.39 is 47.6 Å².